The van der Waals surface area contributed by atoms with E-state index in [0.717, 1.165) is 5.56 Å². The monoisotopic (exact) mass is 1560 g/mol. The molecule has 0 fully saturated rings. The molecule has 25 nitrogen and oxygen atoms in total. The Morgan fingerprint density at radius 2 is 0.875 bits per heavy atom. The second-order valence-electron chi connectivity index (χ2n) is 20.1. The number of carbonyl (C=O) groups is 2. The Kier molecular flexibility index (Phi) is 40.2. The fourth-order valence-corrected chi connectivity index (χ4v) is 11.2. The van der Waals surface area contributed by atoms with Crippen LogP contribution in [0.5, 0.6) is 0 Å². The lowest BCUT2D eigenvalue weighted by atomic mass is 10.0. The molecule has 7 rings (SSSR count). The van der Waals surface area contributed by atoms with Crippen molar-refractivity contribution in [2.24, 2.45) is 21.5 Å². The summed E-state index contributed by atoms with van der Waals surface area (Å²) in [6, 6.07) is 27.8. The zero-order chi connectivity index (χ0) is 71.9. The Hall–Kier alpha value is -4.15. The number of ether oxygens (including phenoxy) is 3. The van der Waals surface area contributed by atoms with E-state index in [1.807, 2.05) is 0 Å². The summed E-state index contributed by atoms with van der Waals surface area (Å²) in [6.07, 6.45) is -4.51. The molecule has 0 aliphatic carbocycles. The van der Waals surface area contributed by atoms with E-state index in [0.29, 0.717) is 50.1 Å². The maximum Gasteiger partial charge on any atom is 0.325 e. The molecule has 2 heterocycles. The molecule has 2 aliphatic heterocycles. The van der Waals surface area contributed by atoms with E-state index in [4.69, 9.17) is 100 Å². The minimum Gasteiger partial charge on any atom is -0.772 e. The lowest BCUT2D eigenvalue weighted by molar-refractivity contribution is -0.147. The Labute approximate surface area is 594 Å². The number of rotatable bonds is 28. The minimum atomic E-state index is -2.22. The van der Waals surface area contributed by atoms with E-state index < -0.39 is 156 Å². The molecule has 5 aromatic rings. The normalized spacial score (nSPS) is 19.1. The second-order valence-corrected chi connectivity index (χ2v) is 27.8. The van der Waals surface area contributed by atoms with Gasteiger partial charge in [0, 0.05) is 28.8 Å². The molecule has 0 bridgehead atoms. The van der Waals surface area contributed by atoms with Crippen molar-refractivity contribution in [3.8, 4) is 0 Å². The summed E-state index contributed by atoms with van der Waals surface area (Å²) in [4.78, 5) is 27.6. The molecule has 0 radical (unpaired) electrons. The molecular weight excluding hydrogens is 1500 g/mol. The number of aliphatic imine (C=N–C) groups is 2. The number of benzene rings is 5. The third-order valence-corrected chi connectivity index (χ3v) is 17.1. The van der Waals surface area contributed by atoms with E-state index in [1.54, 1.807) is 91.9 Å². The number of hydrogen-bond donors (Lipinski definition) is 8. The number of aliphatic hydroxyl groups is 5. The smallest absolute Gasteiger partial charge is 0.325 e. The maximum absolute atomic E-state index is 13.0. The van der Waals surface area contributed by atoms with Crippen LogP contribution in [-0.2, 0) is 108 Å². The zero-order valence-electron chi connectivity index (χ0n) is 50.1. The highest BCUT2D eigenvalue weighted by Gasteiger charge is 2.36. The van der Waals surface area contributed by atoms with Crippen LogP contribution in [0, 0.1) is 0 Å². The number of nitrogens with zero attached hydrogens (tertiary/aromatic N) is 2. The third kappa shape index (κ3) is 30.4. The molecule has 96 heavy (non-hydrogen) atoms. The van der Waals surface area contributed by atoms with Gasteiger partial charge in [0.1, 0.15) is 49.8 Å². The van der Waals surface area contributed by atoms with Crippen molar-refractivity contribution in [3.05, 3.63) is 177 Å². The van der Waals surface area contributed by atoms with Gasteiger partial charge in [0.2, 0.25) is 11.8 Å². The number of nitrogens with two attached hydrogens (primary N) is 2. The Balaban J connectivity index is 0.000000313. The van der Waals surface area contributed by atoms with Gasteiger partial charge >= 0.3 is 5.97 Å². The fourth-order valence-electron chi connectivity index (χ4n) is 8.31. The van der Waals surface area contributed by atoms with E-state index in [-0.39, 0.29) is 60.4 Å². The first kappa shape index (κ1) is 86.1. The van der Waals surface area contributed by atoms with Crippen LogP contribution in [0.1, 0.15) is 93.1 Å². The molecule has 5 aromatic carbocycles. The van der Waals surface area contributed by atoms with Gasteiger partial charge < -0.3 is 79.3 Å². The van der Waals surface area contributed by atoms with Gasteiger partial charge in [-0.15, -0.1) is 0 Å². The van der Waals surface area contributed by atoms with Crippen molar-refractivity contribution in [1.82, 2.24) is 5.32 Å². The van der Waals surface area contributed by atoms with Gasteiger partial charge in [0.15, 0.2) is 20.6 Å². The van der Waals surface area contributed by atoms with Crippen LogP contribution in [0.15, 0.2) is 131 Å². The molecule has 0 spiro atoms. The van der Waals surface area contributed by atoms with Crippen molar-refractivity contribution in [3.63, 3.8) is 0 Å². The highest BCUT2D eigenvalue weighted by atomic mass is 35.5. The Bertz CT molecular complexity index is 3280. The average molecular weight is 1560 g/mol. The van der Waals surface area contributed by atoms with Crippen molar-refractivity contribution >= 4 is 149 Å². The number of esters is 1. The predicted molar refractivity (Wildman–Crippen MR) is 357 cm³/mol. The summed E-state index contributed by atoms with van der Waals surface area (Å²) in [6.45, 7) is -0.377. The summed E-state index contributed by atoms with van der Waals surface area (Å²) in [5, 5.41) is 49.9. The Morgan fingerprint density at radius 3 is 1.17 bits per heavy atom. The minimum absolute atomic E-state index is 0.0393. The number of amides is 1. The number of hydrogen-bond acceptors (Lipinski definition) is 24. The Morgan fingerprint density at radius 1 is 0.552 bits per heavy atom. The van der Waals surface area contributed by atoms with Crippen LogP contribution in [0.25, 0.3) is 0 Å². The third-order valence-electron chi connectivity index (χ3n) is 13.1. The first-order chi connectivity index (χ1) is 45.4. The topological polar surface area (TPSA) is 452 Å². The van der Waals surface area contributed by atoms with Crippen molar-refractivity contribution < 1.29 is 102 Å². The van der Waals surface area contributed by atoms with Crippen LogP contribution < -0.4 is 16.8 Å². The largest absolute Gasteiger partial charge is 0.772 e. The standard InChI is InChI=1S/C12H14Cl2FNO4S.C12H12Cl2FNO3S.C12H13Cl2NO4S.C12H17NO5S.C10H15NO4S/c13-11(14)12(18)16-9(5-15)10(17)8-3-1-7(2-4-8)6-21(19)20;13-11(14)12-16-9(5-15)10(19-12)8-3-1-7(2-4-8)6-20(17)18;13-11(14)12-15-9(5-16)10(19-12)8-3-1-7(2-4-8)6-20(17)18;1-2-18-12(15)10(13)11(14)9-5-3-8(4-6-9)7-19(16)17;11-9(5-12)10(13)8-3-1-7(2-4-8)6-16(14)15/h1-4,9-11,17H,5-6H2,(H,16,18)(H,19,20);1-4,9-11H,5-6H2,(H,17,18);1-4,9-11,16H,5-6H2,(H,17,18);3-6,10-11,14H,2,7,13H2,1H3,(H,16,17);1-4,9-10,12-13H,5-6,11H2,(H,14,15)/p-5/t3*9-,10-;10-,11+;9-,10-/m11101/s1. The molecule has 0 aromatic heterocycles. The van der Waals surface area contributed by atoms with Gasteiger partial charge in [0.05, 0.1) is 38.0 Å². The van der Waals surface area contributed by atoms with E-state index in [2.05, 4.69) is 15.3 Å². The number of halogens is 8. The van der Waals surface area contributed by atoms with E-state index in [9.17, 15) is 82.6 Å². The first-order valence-electron chi connectivity index (χ1n) is 27.8. The van der Waals surface area contributed by atoms with Gasteiger partial charge in [-0.2, -0.15) is 0 Å². The first-order valence-corrected chi connectivity index (χ1v) is 36.6. The van der Waals surface area contributed by atoms with Gasteiger partial charge in [-0.25, -0.2) is 18.8 Å². The summed E-state index contributed by atoms with van der Waals surface area (Å²) >= 11 is 22.6. The van der Waals surface area contributed by atoms with Crippen molar-refractivity contribution in [2.75, 3.05) is 33.2 Å². The van der Waals surface area contributed by atoms with E-state index in [1.165, 1.54) is 36.4 Å². The van der Waals surface area contributed by atoms with Crippen LogP contribution >= 0.6 is 69.6 Å². The summed E-state index contributed by atoms with van der Waals surface area (Å²) < 4.78 is 147. The second kappa shape index (κ2) is 44.9. The number of carbonyl (C=O) groups excluding carboxylic acids is 2. The number of nitrogens with one attached hydrogen (secondary N) is 1. The molecule has 10 N–H and O–H groups in total. The molecule has 5 unspecified atom stereocenters. The van der Waals surface area contributed by atoms with Gasteiger partial charge in [-0.05, 0) is 62.6 Å². The number of alkyl halides is 8. The lowest BCUT2D eigenvalue weighted by Gasteiger charge is -2.22. The molecular formula is C58H66Cl6F2N5O20S5-5. The number of aliphatic hydroxyl groups excluding tert-OH is 5. The summed E-state index contributed by atoms with van der Waals surface area (Å²) in [5.41, 5.74) is 16.9. The average Bonchev–Trinajstić information content (AvgIpc) is 1.67. The maximum atomic E-state index is 13.0. The molecule has 534 valence electrons. The van der Waals surface area contributed by atoms with Crippen LogP contribution in [0.3, 0.4) is 0 Å². The zero-order valence-corrected chi connectivity index (χ0v) is 58.7. The van der Waals surface area contributed by atoms with Crippen LogP contribution in [-0.4, -0.2) is 171 Å². The summed E-state index contributed by atoms with van der Waals surface area (Å²) in [7, 11) is 0. The van der Waals surface area contributed by atoms with E-state index >= 15 is 0 Å². The van der Waals surface area contributed by atoms with Crippen molar-refractivity contribution in [2.45, 2.75) is 111 Å². The SMILES string of the molecule is CCOC(=O)[C@@H](N)[C@H](O)c1ccc(CS(=O)[O-])cc1.N[C@H](CO)[C@H](O)c1ccc(CS(=O)[O-])cc1.O=C(N[C@H](CF)[C@H](O)c1ccc(CS(=O)[O-])cc1)C(Cl)Cl.O=S([O-])Cc1ccc([C@H]2OC(C(Cl)Cl)=N[C@@H]2CF)cc1.O=S([O-])Cc1ccc([C@H]2OC(C(Cl)Cl)=N[C@@H]2CO)cc1. The molecule has 38 heteroatoms. The molecule has 0 saturated heterocycles. The van der Waals surface area contributed by atoms with Gasteiger partial charge in [-0.3, -0.25) is 30.6 Å². The van der Waals surface area contributed by atoms with Gasteiger partial charge in [-0.1, -0.05) is 246 Å². The van der Waals surface area contributed by atoms with Crippen molar-refractivity contribution in [1.29, 1.82) is 0 Å². The van der Waals surface area contributed by atoms with Crippen LogP contribution in [0.4, 0.5) is 8.78 Å². The highest BCUT2D eigenvalue weighted by molar-refractivity contribution is 7.79. The molecule has 0 saturated carbocycles. The van der Waals surface area contributed by atoms with Gasteiger partial charge in [0.25, 0.3) is 5.91 Å². The highest BCUT2D eigenvalue weighted by Crippen LogP contribution is 2.34. The lowest BCUT2D eigenvalue weighted by Crippen LogP contribution is -2.43. The fraction of sp³-hybridized carbons (Fsp3) is 0.414. The summed E-state index contributed by atoms with van der Waals surface area (Å²) in [5.74, 6) is -1.61. The predicted octanol–water partition coefficient (Wildman–Crippen LogP) is 5.14. The molecule has 2 aliphatic rings. The molecule has 1 amide bonds. The molecule has 15 atom stereocenters. The quantitative estimate of drug-likeness (QED) is 0.0182. The van der Waals surface area contributed by atoms with Crippen LogP contribution in [0.2, 0.25) is 0 Å².